The second kappa shape index (κ2) is 6.87. The van der Waals surface area contributed by atoms with Crippen molar-refractivity contribution in [1.29, 1.82) is 0 Å². The second-order valence-electron chi connectivity index (χ2n) is 6.14. The molecule has 1 heterocycles. The van der Waals surface area contributed by atoms with Crippen LogP contribution in [0.25, 0.3) is 11.3 Å². The Hall–Kier alpha value is -2.56. The third-order valence-corrected chi connectivity index (χ3v) is 4.46. The van der Waals surface area contributed by atoms with E-state index < -0.39 is 27.7 Å². The van der Waals surface area contributed by atoms with Crippen molar-refractivity contribution in [2.45, 2.75) is 12.3 Å². The maximum absolute atomic E-state index is 14.2. The Labute approximate surface area is 153 Å². The Morgan fingerprint density at radius 2 is 2.00 bits per heavy atom. The number of nitrogens with zero attached hydrogens (tertiary/aromatic N) is 2. The molecule has 1 atom stereocenters. The lowest BCUT2D eigenvalue weighted by atomic mass is 10.1. The molecule has 1 aromatic heterocycles. The largest absolute Gasteiger partial charge is 0.493 e. The fourth-order valence-electron chi connectivity index (χ4n) is 2.37. The molecule has 1 aromatic carbocycles. The number of alkyl halides is 2. The number of halogens is 3. The summed E-state index contributed by atoms with van der Waals surface area (Å²) in [7, 11) is -2.36. The molecule has 1 aliphatic carbocycles. The van der Waals surface area contributed by atoms with Gasteiger partial charge in [-0.1, -0.05) is 0 Å². The van der Waals surface area contributed by atoms with Gasteiger partial charge in [0.05, 0.1) is 31.6 Å². The zero-order chi connectivity index (χ0) is 19.8. The van der Waals surface area contributed by atoms with E-state index in [0.29, 0.717) is 0 Å². The first-order valence-corrected chi connectivity index (χ1v) is 9.68. The molecule has 11 heteroatoms. The van der Waals surface area contributed by atoms with Crippen molar-refractivity contribution < 1.29 is 31.1 Å². The van der Waals surface area contributed by atoms with Gasteiger partial charge in [0.1, 0.15) is 17.3 Å². The number of anilines is 1. The van der Waals surface area contributed by atoms with Crippen molar-refractivity contribution in [3.05, 3.63) is 30.1 Å². The van der Waals surface area contributed by atoms with Crippen molar-refractivity contribution in [1.82, 2.24) is 10.2 Å². The monoisotopic (exact) mass is 403 g/mol. The van der Waals surface area contributed by atoms with Gasteiger partial charge < -0.3 is 9.47 Å². The van der Waals surface area contributed by atoms with Gasteiger partial charge in [0.2, 0.25) is 10.0 Å². The number of rotatable bonds is 7. The molecule has 0 saturated heterocycles. The average molecular weight is 403 g/mol. The quantitative estimate of drug-likeness (QED) is 0.765. The number of methoxy groups -OCH3 is 1. The van der Waals surface area contributed by atoms with Crippen LogP contribution in [0.4, 0.5) is 18.9 Å². The number of sulfonamides is 1. The van der Waals surface area contributed by atoms with Gasteiger partial charge in [-0.25, -0.2) is 21.6 Å². The summed E-state index contributed by atoms with van der Waals surface area (Å²) in [5.74, 6) is -4.13. The normalized spacial score (nSPS) is 18.0. The molecular weight excluding hydrogens is 387 g/mol. The van der Waals surface area contributed by atoms with Crippen LogP contribution >= 0.6 is 0 Å². The molecule has 0 bridgehead atoms. The fraction of sp³-hybridized carbons (Fsp3) is 0.375. The smallest absolute Gasteiger partial charge is 0.257 e. The van der Waals surface area contributed by atoms with E-state index >= 15 is 0 Å². The zero-order valence-corrected chi connectivity index (χ0v) is 15.2. The Kier molecular flexibility index (Phi) is 4.89. The minimum Gasteiger partial charge on any atom is -0.493 e. The summed E-state index contributed by atoms with van der Waals surface area (Å²) in [4.78, 5) is 0. The summed E-state index contributed by atoms with van der Waals surface area (Å²) in [6.07, 6.45) is 0.709. The minimum absolute atomic E-state index is 0.0154. The van der Waals surface area contributed by atoms with Crippen LogP contribution in [0.1, 0.15) is 6.42 Å². The number of hydrogen-bond donors (Lipinski definition) is 1. The molecule has 0 aliphatic heterocycles. The number of benzene rings is 1. The van der Waals surface area contributed by atoms with Gasteiger partial charge >= 0.3 is 0 Å². The summed E-state index contributed by atoms with van der Waals surface area (Å²) in [5.41, 5.74) is -0.0308. The number of ether oxygens (including phenoxy) is 2. The van der Waals surface area contributed by atoms with Crippen LogP contribution in [0.3, 0.4) is 0 Å². The average Bonchev–Trinajstić information content (AvgIpc) is 3.19. The van der Waals surface area contributed by atoms with E-state index in [9.17, 15) is 21.6 Å². The van der Waals surface area contributed by atoms with Crippen LogP contribution < -0.4 is 14.2 Å². The van der Waals surface area contributed by atoms with Gasteiger partial charge in [-0.3, -0.25) is 4.72 Å². The summed E-state index contributed by atoms with van der Waals surface area (Å²) in [6, 6.07) is 4.96. The molecule has 0 amide bonds. The summed E-state index contributed by atoms with van der Waals surface area (Å²) in [6.45, 7) is -0.187. The highest BCUT2D eigenvalue weighted by Gasteiger charge is 2.57. The molecule has 27 heavy (non-hydrogen) atoms. The van der Waals surface area contributed by atoms with Crippen molar-refractivity contribution in [3.8, 4) is 22.9 Å². The standard InChI is InChI=1S/C16H16F3N3O4S/c1-25-15-14(22-27(2,23)24)6-13(20-21-15)11-5-10(3-4-12(11)17)26-8-9-7-16(9,18)19/h3-6,9H,7-8H2,1-2H3,(H,20,22). The summed E-state index contributed by atoms with van der Waals surface area (Å²) < 4.78 is 75.5. The van der Waals surface area contributed by atoms with Gasteiger partial charge in [0.25, 0.3) is 11.8 Å². The van der Waals surface area contributed by atoms with E-state index in [1.165, 1.54) is 25.3 Å². The number of hydrogen-bond acceptors (Lipinski definition) is 6. The summed E-state index contributed by atoms with van der Waals surface area (Å²) >= 11 is 0. The van der Waals surface area contributed by atoms with Crippen molar-refractivity contribution in [2.75, 3.05) is 24.7 Å². The van der Waals surface area contributed by atoms with Crippen LogP contribution in [0.2, 0.25) is 0 Å². The Morgan fingerprint density at radius 1 is 1.30 bits per heavy atom. The number of aromatic nitrogens is 2. The Bertz CT molecular complexity index is 969. The molecule has 1 unspecified atom stereocenters. The molecule has 1 saturated carbocycles. The highest BCUT2D eigenvalue weighted by atomic mass is 32.2. The Morgan fingerprint density at radius 3 is 2.59 bits per heavy atom. The highest BCUT2D eigenvalue weighted by Crippen LogP contribution is 2.48. The van der Waals surface area contributed by atoms with Crippen LogP contribution in [-0.4, -0.2) is 44.5 Å². The first kappa shape index (κ1) is 19.2. The van der Waals surface area contributed by atoms with E-state index in [-0.39, 0.29) is 41.6 Å². The topological polar surface area (TPSA) is 90.4 Å². The van der Waals surface area contributed by atoms with E-state index in [4.69, 9.17) is 9.47 Å². The van der Waals surface area contributed by atoms with E-state index in [2.05, 4.69) is 14.9 Å². The van der Waals surface area contributed by atoms with Crippen LogP contribution in [0.5, 0.6) is 11.6 Å². The number of nitrogens with one attached hydrogen (secondary N) is 1. The van der Waals surface area contributed by atoms with Gasteiger partial charge in [-0.15, -0.1) is 10.2 Å². The van der Waals surface area contributed by atoms with Crippen molar-refractivity contribution >= 4 is 15.7 Å². The minimum atomic E-state index is -3.64. The second-order valence-corrected chi connectivity index (χ2v) is 7.89. The Balaban J connectivity index is 1.88. The molecule has 1 N–H and O–H groups in total. The lowest BCUT2D eigenvalue weighted by molar-refractivity contribution is 0.0856. The molecule has 0 radical (unpaired) electrons. The van der Waals surface area contributed by atoms with Crippen LogP contribution in [-0.2, 0) is 10.0 Å². The third-order valence-electron chi connectivity index (χ3n) is 3.87. The first-order valence-electron chi connectivity index (χ1n) is 7.79. The molecule has 1 fully saturated rings. The highest BCUT2D eigenvalue weighted by molar-refractivity contribution is 7.92. The molecule has 1 aliphatic rings. The van der Waals surface area contributed by atoms with E-state index in [1.54, 1.807) is 0 Å². The SMILES string of the molecule is COc1nnc(-c2cc(OCC3CC3(F)F)ccc2F)cc1NS(C)(=O)=O. The van der Waals surface area contributed by atoms with E-state index in [0.717, 1.165) is 12.3 Å². The molecular formula is C16H16F3N3O4S. The van der Waals surface area contributed by atoms with Crippen molar-refractivity contribution in [2.24, 2.45) is 5.92 Å². The molecule has 2 aromatic rings. The zero-order valence-electron chi connectivity index (χ0n) is 14.4. The van der Waals surface area contributed by atoms with Gasteiger partial charge in [0, 0.05) is 12.0 Å². The molecule has 146 valence electrons. The molecule has 7 nitrogen and oxygen atoms in total. The lowest BCUT2D eigenvalue weighted by Crippen LogP contribution is -2.12. The predicted molar refractivity (Wildman–Crippen MR) is 91.0 cm³/mol. The fourth-order valence-corrected chi connectivity index (χ4v) is 2.92. The summed E-state index contributed by atoms with van der Waals surface area (Å²) in [5, 5.41) is 7.54. The van der Waals surface area contributed by atoms with Crippen molar-refractivity contribution in [3.63, 3.8) is 0 Å². The maximum atomic E-state index is 14.2. The van der Waals surface area contributed by atoms with Gasteiger partial charge in [-0.05, 0) is 24.3 Å². The lowest BCUT2D eigenvalue weighted by Gasteiger charge is -2.11. The predicted octanol–water partition coefficient (Wildman–Crippen LogP) is 2.70. The third kappa shape index (κ3) is 4.59. The molecule has 0 spiro atoms. The van der Waals surface area contributed by atoms with Gasteiger partial charge in [0.15, 0.2) is 0 Å². The van der Waals surface area contributed by atoms with Crippen LogP contribution in [0, 0.1) is 11.7 Å². The first-order chi connectivity index (χ1) is 12.6. The van der Waals surface area contributed by atoms with Gasteiger partial charge in [-0.2, -0.15) is 0 Å². The maximum Gasteiger partial charge on any atom is 0.257 e. The molecule has 3 rings (SSSR count). The van der Waals surface area contributed by atoms with Crippen LogP contribution in [0.15, 0.2) is 24.3 Å². The van der Waals surface area contributed by atoms with E-state index in [1.807, 2.05) is 0 Å².